The predicted molar refractivity (Wildman–Crippen MR) is 238 cm³/mol. The third-order valence-electron chi connectivity index (χ3n) is 12.5. The van der Waals surface area contributed by atoms with E-state index in [-0.39, 0.29) is 48.3 Å². The van der Waals surface area contributed by atoms with Crippen LogP contribution >= 0.6 is 0 Å². The van der Waals surface area contributed by atoms with Crippen LogP contribution in [0.25, 0.3) is 0 Å². The normalized spacial score (nSPS) is 18.2. The number of ether oxygens (including phenoxy) is 2. The molecule has 0 aromatic heterocycles. The first-order chi connectivity index (χ1) is 28.9. The number of likely N-dealkylation sites (N-methyl/N-ethyl adjacent to an activating group) is 2. The molecule has 14 heteroatoms. The summed E-state index contributed by atoms with van der Waals surface area (Å²) >= 11 is 0. The van der Waals surface area contributed by atoms with E-state index in [0.717, 1.165) is 17.5 Å². The van der Waals surface area contributed by atoms with Crippen LogP contribution in [-0.4, -0.2) is 133 Å². The summed E-state index contributed by atoms with van der Waals surface area (Å²) in [7, 11) is 6.69. The van der Waals surface area contributed by atoms with E-state index >= 15 is 0 Å². The van der Waals surface area contributed by atoms with E-state index in [1.54, 1.807) is 30.9 Å². The third kappa shape index (κ3) is 14.0. The van der Waals surface area contributed by atoms with Crippen molar-refractivity contribution in [3.05, 3.63) is 65.7 Å². The summed E-state index contributed by atoms with van der Waals surface area (Å²) in [6.45, 7) is 14.7. The molecule has 2 aromatic carbocycles. The summed E-state index contributed by atoms with van der Waals surface area (Å²) in [6.07, 6.45) is 1.46. The number of benzene rings is 2. The fourth-order valence-electron chi connectivity index (χ4n) is 8.77. The van der Waals surface area contributed by atoms with Crippen molar-refractivity contribution in [2.75, 3.05) is 47.1 Å². The first-order valence-electron chi connectivity index (χ1n) is 21.9. The highest BCUT2D eigenvalue weighted by molar-refractivity contribution is 5.90. The van der Waals surface area contributed by atoms with Gasteiger partial charge < -0.3 is 40.7 Å². The van der Waals surface area contributed by atoms with E-state index in [2.05, 4.69) is 10.6 Å². The number of aliphatic carboxylic acids is 1. The van der Waals surface area contributed by atoms with E-state index in [4.69, 9.17) is 15.2 Å². The fourth-order valence-corrected chi connectivity index (χ4v) is 8.77. The number of likely N-dealkylation sites (tertiary alicyclic amines) is 1. The molecule has 61 heavy (non-hydrogen) atoms. The van der Waals surface area contributed by atoms with Gasteiger partial charge in [-0.1, -0.05) is 97.4 Å². The maximum Gasteiger partial charge on any atom is 0.326 e. The standard InChI is InChI=1S/C47H74N6O8/c1-12-31(6)42(52(9)46(57)40(29(2)3)50-45(56)41(30(4)5)51(8)26-24-33-20-22-35(48)23-21-33)38(60-10)28-39(54)53-25-16-19-37(53)43(61-11)32(7)44(55)49-36(47(58)59)27-34-17-14-13-15-18-34/h13-15,17-18,20-23,29-32,36-38,40-43H,12,16,19,24-28,48H2,1-11H3,(H,49,55)(H,50,56)(H,58,59)/t31-,32+,36-,37?,38+,40?,41?,42-,43+/m0/s1. The number of rotatable bonds is 24. The van der Waals surface area contributed by atoms with Gasteiger partial charge in [0, 0.05) is 46.5 Å². The zero-order valence-electron chi connectivity index (χ0n) is 38.4. The van der Waals surface area contributed by atoms with Crippen molar-refractivity contribution in [3.63, 3.8) is 0 Å². The maximum atomic E-state index is 14.5. The van der Waals surface area contributed by atoms with E-state index in [0.29, 0.717) is 38.0 Å². The van der Waals surface area contributed by atoms with E-state index in [1.807, 2.05) is 108 Å². The maximum absolute atomic E-state index is 14.5. The zero-order valence-corrected chi connectivity index (χ0v) is 38.4. The number of nitrogen functional groups attached to an aromatic ring is 1. The average Bonchev–Trinajstić information content (AvgIpc) is 3.71. The van der Waals surface area contributed by atoms with Crippen LogP contribution in [0.5, 0.6) is 0 Å². The van der Waals surface area contributed by atoms with Gasteiger partial charge in [-0.3, -0.25) is 24.1 Å². The third-order valence-corrected chi connectivity index (χ3v) is 12.5. The summed E-state index contributed by atoms with van der Waals surface area (Å²) in [5, 5.41) is 15.7. The number of amides is 4. The SMILES string of the molecule is CC[C@H](C)[C@@H]([C@@H](CC(=O)N1CCCC1[C@H](OC)[C@@H](C)C(=O)N[C@@H](Cc1ccccc1)C(=O)O)OC)N(C)C(=O)C(NC(=O)C(C(C)C)N(C)CCc1ccc(N)cc1)C(C)C. The number of carboxylic acid groups (broad SMARTS) is 1. The number of carbonyl (C=O) groups is 5. The molecule has 340 valence electrons. The number of nitrogens with one attached hydrogen (secondary N) is 2. The topological polar surface area (TPSA) is 184 Å². The molecule has 0 saturated carbocycles. The molecule has 1 aliphatic rings. The fraction of sp³-hybridized carbons (Fsp3) is 0.638. The number of nitrogens with two attached hydrogens (primary N) is 1. The van der Waals surface area contributed by atoms with E-state index in [1.165, 1.54) is 7.11 Å². The van der Waals surface area contributed by atoms with Gasteiger partial charge in [-0.05, 0) is 67.3 Å². The molecule has 0 spiro atoms. The first kappa shape index (κ1) is 50.8. The highest BCUT2D eigenvalue weighted by atomic mass is 16.5. The summed E-state index contributed by atoms with van der Waals surface area (Å²) in [5.74, 6) is -3.39. The molecule has 1 aliphatic heterocycles. The van der Waals surface area contributed by atoms with Crippen LogP contribution in [0.2, 0.25) is 0 Å². The molecule has 5 N–H and O–H groups in total. The number of anilines is 1. The van der Waals surface area contributed by atoms with Gasteiger partial charge in [0.2, 0.25) is 23.6 Å². The lowest BCUT2D eigenvalue weighted by Gasteiger charge is -2.41. The number of nitrogens with zero attached hydrogens (tertiary/aromatic N) is 3. The minimum atomic E-state index is -1.14. The van der Waals surface area contributed by atoms with Crippen molar-refractivity contribution in [3.8, 4) is 0 Å². The molecule has 3 unspecified atom stereocenters. The first-order valence-corrected chi connectivity index (χ1v) is 21.9. The minimum absolute atomic E-state index is 0.0261. The number of carbonyl (C=O) groups excluding carboxylic acids is 4. The molecule has 0 bridgehead atoms. The number of hydrogen-bond acceptors (Lipinski definition) is 9. The van der Waals surface area contributed by atoms with Gasteiger partial charge in [-0.2, -0.15) is 0 Å². The van der Waals surface area contributed by atoms with E-state index in [9.17, 15) is 29.1 Å². The number of carboxylic acids is 1. The van der Waals surface area contributed by atoms with Crippen molar-refractivity contribution in [1.82, 2.24) is 25.3 Å². The molecule has 1 heterocycles. The predicted octanol–water partition coefficient (Wildman–Crippen LogP) is 4.64. The molecule has 3 rings (SSSR count). The smallest absolute Gasteiger partial charge is 0.326 e. The summed E-state index contributed by atoms with van der Waals surface area (Å²) < 4.78 is 12.0. The highest BCUT2D eigenvalue weighted by Gasteiger charge is 2.43. The van der Waals surface area contributed by atoms with Crippen LogP contribution in [0, 0.1) is 23.7 Å². The second-order valence-electron chi connectivity index (χ2n) is 17.6. The Balaban J connectivity index is 1.76. The Morgan fingerprint density at radius 3 is 2.05 bits per heavy atom. The molecule has 0 radical (unpaired) electrons. The molecule has 14 nitrogen and oxygen atoms in total. The molecule has 4 amide bonds. The molecule has 2 aromatic rings. The van der Waals surface area contributed by atoms with Gasteiger partial charge in [-0.15, -0.1) is 0 Å². The Morgan fingerprint density at radius 2 is 1.51 bits per heavy atom. The summed E-state index contributed by atoms with van der Waals surface area (Å²) in [5.41, 5.74) is 8.46. The van der Waals surface area contributed by atoms with Gasteiger partial charge in [0.05, 0.1) is 42.7 Å². The lowest BCUT2D eigenvalue weighted by atomic mass is 9.89. The lowest BCUT2D eigenvalue weighted by Crippen LogP contribution is -2.60. The van der Waals surface area contributed by atoms with Gasteiger partial charge in [0.15, 0.2) is 0 Å². The quantitative estimate of drug-likeness (QED) is 0.109. The van der Waals surface area contributed by atoms with Gasteiger partial charge in [-0.25, -0.2) is 4.79 Å². The lowest BCUT2D eigenvalue weighted by molar-refractivity contribution is -0.148. The van der Waals surface area contributed by atoms with Crippen LogP contribution < -0.4 is 16.4 Å². The Hall–Kier alpha value is -4.53. The average molecular weight is 851 g/mol. The molecule has 9 atom stereocenters. The molecule has 1 saturated heterocycles. The Bertz CT molecular complexity index is 1710. The Morgan fingerprint density at radius 1 is 0.869 bits per heavy atom. The van der Waals surface area contributed by atoms with Crippen LogP contribution in [-0.2, 0) is 46.3 Å². The van der Waals surface area contributed by atoms with Gasteiger partial charge in [0.25, 0.3) is 0 Å². The zero-order chi connectivity index (χ0) is 45.6. The second kappa shape index (κ2) is 24.2. The number of methoxy groups -OCH3 is 2. The minimum Gasteiger partial charge on any atom is -0.480 e. The highest BCUT2D eigenvalue weighted by Crippen LogP contribution is 2.30. The Kier molecular flexibility index (Phi) is 20.2. The number of hydrogen-bond donors (Lipinski definition) is 4. The van der Waals surface area contributed by atoms with Crippen molar-refractivity contribution < 1.29 is 38.6 Å². The van der Waals surface area contributed by atoms with Crippen molar-refractivity contribution in [1.29, 1.82) is 0 Å². The summed E-state index contributed by atoms with van der Waals surface area (Å²) in [6, 6.07) is 13.4. The Labute approximate surface area is 364 Å². The van der Waals surface area contributed by atoms with Crippen molar-refractivity contribution in [2.45, 2.75) is 129 Å². The molecule has 0 aliphatic carbocycles. The van der Waals surface area contributed by atoms with Crippen molar-refractivity contribution in [2.24, 2.45) is 23.7 Å². The molecular weight excluding hydrogens is 777 g/mol. The second-order valence-corrected chi connectivity index (χ2v) is 17.6. The van der Waals surface area contributed by atoms with Crippen molar-refractivity contribution >= 4 is 35.3 Å². The molecule has 1 fully saturated rings. The summed E-state index contributed by atoms with van der Waals surface area (Å²) in [4.78, 5) is 74.0. The van der Waals surface area contributed by atoms with Crippen LogP contribution in [0.4, 0.5) is 5.69 Å². The van der Waals surface area contributed by atoms with Crippen LogP contribution in [0.15, 0.2) is 54.6 Å². The van der Waals surface area contributed by atoms with Gasteiger partial charge >= 0.3 is 5.97 Å². The van der Waals surface area contributed by atoms with E-state index < -0.39 is 60.2 Å². The van der Waals surface area contributed by atoms with Crippen LogP contribution in [0.3, 0.4) is 0 Å². The van der Waals surface area contributed by atoms with Gasteiger partial charge in [0.1, 0.15) is 12.1 Å². The largest absolute Gasteiger partial charge is 0.480 e. The molecular formula is C47H74N6O8. The van der Waals surface area contributed by atoms with Crippen LogP contribution in [0.1, 0.15) is 85.3 Å². The monoisotopic (exact) mass is 851 g/mol.